The molecule has 0 aromatic carbocycles. The molecule has 0 amide bonds. The fraction of sp³-hybridized carbons (Fsp3) is 0.714. The molecule has 0 bridgehead atoms. The summed E-state index contributed by atoms with van der Waals surface area (Å²) in [4.78, 5) is 2.30. The molecule has 1 aliphatic rings. The zero-order valence-corrected chi connectivity index (χ0v) is 7.93. The van der Waals surface area contributed by atoms with Crippen LogP contribution >= 0.6 is 22.6 Å². The van der Waals surface area contributed by atoms with Crippen molar-refractivity contribution in [2.24, 2.45) is 0 Å². The van der Waals surface area contributed by atoms with Gasteiger partial charge in [0.05, 0.1) is 19.8 Å². The Morgan fingerprint density at radius 1 is 1.40 bits per heavy atom. The summed E-state index contributed by atoms with van der Waals surface area (Å²) >= 11 is 2.06. The minimum absolute atomic E-state index is 0.864. The summed E-state index contributed by atoms with van der Waals surface area (Å²) in [6.45, 7) is 4.69. The molecule has 56 valence electrons. The third kappa shape index (κ3) is 2.86. The Morgan fingerprint density at radius 2 is 2.10 bits per heavy atom. The molecule has 0 saturated carbocycles. The lowest BCUT2D eigenvalue weighted by Crippen LogP contribution is -2.36. The quantitative estimate of drug-likeness (QED) is 0.503. The minimum Gasteiger partial charge on any atom is -0.379 e. The fourth-order valence-corrected chi connectivity index (χ4v) is 1.07. The lowest BCUT2D eigenvalue weighted by molar-refractivity contribution is 0.0443. The largest absolute Gasteiger partial charge is 0.379 e. The van der Waals surface area contributed by atoms with Crippen LogP contribution in [-0.4, -0.2) is 37.7 Å². The summed E-state index contributed by atoms with van der Waals surface area (Å²) < 4.78 is 8.04. The number of halogens is 1. The molecule has 1 aliphatic heterocycles. The van der Waals surface area contributed by atoms with E-state index >= 15 is 0 Å². The smallest absolute Gasteiger partial charge is 0.0611 e. The maximum atomic E-state index is 5.19. The number of rotatable bonds is 1. The number of hydrogen-bond acceptors (Lipinski definition) is 2. The lowest BCUT2D eigenvalue weighted by atomic mass is 10.4. The van der Waals surface area contributed by atoms with Crippen molar-refractivity contribution < 1.29 is 4.74 Å². The van der Waals surface area contributed by atoms with E-state index in [1.807, 2.05) is 0 Å². The van der Waals surface area contributed by atoms with Gasteiger partial charge in [-0.15, -0.1) is 0 Å². The van der Waals surface area contributed by atoms with Gasteiger partial charge >= 0.3 is 0 Å². The molecule has 1 saturated heterocycles. The van der Waals surface area contributed by atoms with Gasteiger partial charge in [-0.2, -0.15) is 0 Å². The average molecular weight is 251 g/mol. The Morgan fingerprint density at radius 3 is 2.70 bits per heavy atom. The zero-order valence-electron chi connectivity index (χ0n) is 5.77. The van der Waals surface area contributed by atoms with Gasteiger partial charge in [0.15, 0.2) is 0 Å². The Kier molecular flexibility index (Phi) is 4.10. The highest BCUT2D eigenvalue weighted by atomic mass is 127. The molecular formula is C7H10INO. The van der Waals surface area contributed by atoms with Crippen molar-refractivity contribution in [1.29, 1.82) is 0 Å². The summed E-state index contributed by atoms with van der Waals surface area (Å²) in [5.41, 5.74) is 0. The highest BCUT2D eigenvalue weighted by Gasteiger charge is 2.07. The van der Waals surface area contributed by atoms with Gasteiger partial charge in [0.2, 0.25) is 0 Å². The first-order chi connectivity index (χ1) is 4.93. The fourth-order valence-electron chi connectivity index (χ4n) is 0.901. The zero-order chi connectivity index (χ0) is 7.23. The van der Waals surface area contributed by atoms with Crippen LogP contribution in [0.5, 0.6) is 0 Å². The molecule has 10 heavy (non-hydrogen) atoms. The highest BCUT2D eigenvalue weighted by Crippen LogP contribution is 1.94. The second-order valence-corrected chi connectivity index (χ2v) is 2.70. The normalized spacial score (nSPS) is 19.7. The van der Waals surface area contributed by atoms with E-state index in [1.165, 1.54) is 0 Å². The summed E-state index contributed by atoms with van der Waals surface area (Å²) in [5, 5.41) is 0. The first-order valence-electron chi connectivity index (χ1n) is 3.32. The number of ether oxygens (including phenoxy) is 1. The van der Waals surface area contributed by atoms with Crippen molar-refractivity contribution in [3.8, 4) is 9.85 Å². The van der Waals surface area contributed by atoms with E-state index in [-0.39, 0.29) is 0 Å². The maximum absolute atomic E-state index is 5.19. The van der Waals surface area contributed by atoms with E-state index in [0.717, 1.165) is 32.8 Å². The Balaban J connectivity index is 2.17. The third-order valence-electron chi connectivity index (χ3n) is 1.47. The van der Waals surface area contributed by atoms with Gasteiger partial charge in [-0.3, -0.25) is 4.90 Å². The molecule has 0 aromatic heterocycles. The number of hydrogen-bond donors (Lipinski definition) is 0. The van der Waals surface area contributed by atoms with Crippen LogP contribution in [0.4, 0.5) is 0 Å². The second-order valence-electron chi connectivity index (χ2n) is 2.16. The monoisotopic (exact) mass is 251 g/mol. The molecule has 3 heteroatoms. The molecule has 0 aliphatic carbocycles. The third-order valence-corrected chi connectivity index (χ3v) is 1.85. The first-order valence-corrected chi connectivity index (χ1v) is 4.40. The van der Waals surface area contributed by atoms with Gasteiger partial charge in [-0.1, -0.05) is 5.92 Å². The predicted octanol–water partition coefficient (Wildman–Crippen LogP) is 0.715. The van der Waals surface area contributed by atoms with E-state index in [0.29, 0.717) is 0 Å². The SMILES string of the molecule is IC#CCN1CCOCC1. The van der Waals surface area contributed by atoms with E-state index in [4.69, 9.17) is 4.74 Å². The molecule has 1 heterocycles. The van der Waals surface area contributed by atoms with Gasteiger partial charge in [0.1, 0.15) is 0 Å². The van der Waals surface area contributed by atoms with E-state index < -0.39 is 0 Å². The molecule has 0 atom stereocenters. The topological polar surface area (TPSA) is 12.5 Å². The molecule has 0 radical (unpaired) electrons. The summed E-state index contributed by atoms with van der Waals surface area (Å²) in [6, 6.07) is 0. The van der Waals surface area contributed by atoms with Crippen LogP contribution in [0.1, 0.15) is 0 Å². The molecule has 0 N–H and O–H groups in total. The summed E-state index contributed by atoms with van der Waals surface area (Å²) in [6.07, 6.45) is 0. The maximum Gasteiger partial charge on any atom is 0.0611 e. The molecule has 1 rings (SSSR count). The van der Waals surface area contributed by atoms with E-state index in [9.17, 15) is 0 Å². The van der Waals surface area contributed by atoms with Crippen LogP contribution in [0.15, 0.2) is 0 Å². The Labute approximate surface area is 75.1 Å². The molecule has 1 fully saturated rings. The van der Waals surface area contributed by atoms with Crippen LogP contribution in [0.3, 0.4) is 0 Å². The molecule has 0 unspecified atom stereocenters. The average Bonchev–Trinajstić information content (AvgIpc) is 2.03. The Bertz CT molecular complexity index is 143. The van der Waals surface area contributed by atoms with Gasteiger partial charge < -0.3 is 4.74 Å². The van der Waals surface area contributed by atoms with Crippen LogP contribution in [0.25, 0.3) is 0 Å². The van der Waals surface area contributed by atoms with Crippen LogP contribution in [0, 0.1) is 9.85 Å². The van der Waals surface area contributed by atoms with E-state index in [1.54, 1.807) is 0 Å². The predicted molar refractivity (Wildman–Crippen MR) is 49.1 cm³/mol. The number of nitrogens with zero attached hydrogens (tertiary/aromatic N) is 1. The highest BCUT2D eigenvalue weighted by molar-refractivity contribution is 14.1. The van der Waals surface area contributed by atoms with Crippen molar-refractivity contribution in [3.63, 3.8) is 0 Å². The van der Waals surface area contributed by atoms with Gasteiger partial charge in [-0.05, 0) is 3.93 Å². The van der Waals surface area contributed by atoms with Gasteiger partial charge in [0, 0.05) is 35.7 Å². The second kappa shape index (κ2) is 4.94. The van der Waals surface area contributed by atoms with Crippen LogP contribution in [0.2, 0.25) is 0 Å². The molecule has 2 nitrogen and oxygen atoms in total. The van der Waals surface area contributed by atoms with Crippen molar-refractivity contribution in [3.05, 3.63) is 0 Å². The van der Waals surface area contributed by atoms with Crippen molar-refractivity contribution in [2.75, 3.05) is 32.8 Å². The molecule has 0 aromatic rings. The lowest BCUT2D eigenvalue weighted by Gasteiger charge is -2.24. The molecule has 0 spiro atoms. The van der Waals surface area contributed by atoms with Gasteiger partial charge in [-0.25, -0.2) is 0 Å². The van der Waals surface area contributed by atoms with Crippen LogP contribution < -0.4 is 0 Å². The van der Waals surface area contributed by atoms with Crippen LogP contribution in [-0.2, 0) is 4.74 Å². The van der Waals surface area contributed by atoms with E-state index in [2.05, 4.69) is 37.3 Å². The first kappa shape index (κ1) is 8.31. The summed E-state index contributed by atoms with van der Waals surface area (Å²) in [5.74, 6) is 3.02. The van der Waals surface area contributed by atoms with Crippen molar-refractivity contribution in [1.82, 2.24) is 4.90 Å². The summed E-state index contributed by atoms with van der Waals surface area (Å²) in [7, 11) is 0. The molecular weight excluding hydrogens is 241 g/mol. The number of morpholine rings is 1. The minimum atomic E-state index is 0.864. The Hall–Kier alpha value is 0.210. The van der Waals surface area contributed by atoms with Crippen molar-refractivity contribution in [2.45, 2.75) is 0 Å². The van der Waals surface area contributed by atoms with Gasteiger partial charge in [0.25, 0.3) is 0 Å². The van der Waals surface area contributed by atoms with Crippen molar-refractivity contribution >= 4 is 22.6 Å². The standard InChI is InChI=1S/C7H10INO/c8-2-1-3-9-4-6-10-7-5-9/h3-7H2.